The first kappa shape index (κ1) is 16.0. The molecule has 0 radical (unpaired) electrons. The van der Waals surface area contributed by atoms with Crippen LogP contribution in [0.15, 0.2) is 22.7 Å². The van der Waals surface area contributed by atoms with E-state index in [4.69, 9.17) is 0 Å². The molecular formula is C15H22BrNO2. The van der Waals surface area contributed by atoms with Crippen molar-refractivity contribution in [3.05, 3.63) is 28.2 Å². The zero-order valence-corrected chi connectivity index (χ0v) is 13.2. The van der Waals surface area contributed by atoms with Gasteiger partial charge in [0.1, 0.15) is 0 Å². The van der Waals surface area contributed by atoms with Crippen LogP contribution in [0.25, 0.3) is 0 Å². The van der Waals surface area contributed by atoms with Gasteiger partial charge in [0.25, 0.3) is 0 Å². The summed E-state index contributed by atoms with van der Waals surface area (Å²) in [7, 11) is 0. The summed E-state index contributed by atoms with van der Waals surface area (Å²) in [6.07, 6.45) is 5.57. The molecule has 0 aliphatic heterocycles. The van der Waals surface area contributed by atoms with Crippen LogP contribution in [0.3, 0.4) is 0 Å². The number of hydrogen-bond acceptors (Lipinski definition) is 2. The summed E-state index contributed by atoms with van der Waals surface area (Å²) in [6.45, 7) is 4.33. The van der Waals surface area contributed by atoms with Gasteiger partial charge >= 0.3 is 5.97 Å². The van der Waals surface area contributed by atoms with Crippen molar-refractivity contribution in [3.8, 4) is 0 Å². The first-order valence-electron chi connectivity index (χ1n) is 6.87. The van der Waals surface area contributed by atoms with Gasteiger partial charge in [-0.1, -0.05) is 49.0 Å². The lowest BCUT2D eigenvalue weighted by atomic mass is 10.0. The third-order valence-corrected chi connectivity index (χ3v) is 3.61. The molecule has 1 rings (SSSR count). The van der Waals surface area contributed by atoms with E-state index in [1.54, 1.807) is 6.07 Å². The average molecular weight is 328 g/mol. The zero-order valence-electron chi connectivity index (χ0n) is 11.6. The first-order chi connectivity index (χ1) is 9.08. The zero-order chi connectivity index (χ0) is 14.3. The van der Waals surface area contributed by atoms with Gasteiger partial charge in [-0.3, -0.25) is 0 Å². The van der Waals surface area contributed by atoms with Crippen LogP contribution in [0.5, 0.6) is 0 Å². The van der Waals surface area contributed by atoms with Crippen molar-refractivity contribution in [2.75, 3.05) is 5.32 Å². The third-order valence-electron chi connectivity index (χ3n) is 3.11. The van der Waals surface area contributed by atoms with Gasteiger partial charge in [-0.05, 0) is 31.0 Å². The number of nitrogens with one attached hydrogen (secondary N) is 1. The maximum absolute atomic E-state index is 11.3. The Morgan fingerprint density at radius 3 is 2.63 bits per heavy atom. The number of benzene rings is 1. The molecule has 0 fully saturated rings. The molecule has 1 aromatic carbocycles. The topological polar surface area (TPSA) is 49.3 Å². The second kappa shape index (κ2) is 8.20. The van der Waals surface area contributed by atoms with Crippen LogP contribution in [-0.4, -0.2) is 17.1 Å². The second-order valence-electron chi connectivity index (χ2n) is 4.77. The van der Waals surface area contributed by atoms with Crippen molar-refractivity contribution in [3.63, 3.8) is 0 Å². The molecule has 0 amide bonds. The highest BCUT2D eigenvalue weighted by atomic mass is 79.9. The van der Waals surface area contributed by atoms with Crippen LogP contribution >= 0.6 is 15.9 Å². The fourth-order valence-corrected chi connectivity index (χ4v) is 2.49. The summed E-state index contributed by atoms with van der Waals surface area (Å²) >= 11 is 3.31. The van der Waals surface area contributed by atoms with Gasteiger partial charge in [0, 0.05) is 16.2 Å². The van der Waals surface area contributed by atoms with Crippen LogP contribution in [0.2, 0.25) is 0 Å². The van der Waals surface area contributed by atoms with Crippen molar-refractivity contribution in [1.29, 1.82) is 0 Å². The van der Waals surface area contributed by atoms with E-state index in [-0.39, 0.29) is 0 Å². The molecule has 19 heavy (non-hydrogen) atoms. The number of carboxylic acids is 1. The molecule has 1 atom stereocenters. The summed E-state index contributed by atoms with van der Waals surface area (Å²) in [5, 5.41) is 12.6. The molecule has 1 unspecified atom stereocenters. The highest BCUT2D eigenvalue weighted by Crippen LogP contribution is 2.23. The summed E-state index contributed by atoms with van der Waals surface area (Å²) in [5.41, 5.74) is 1.04. The highest BCUT2D eigenvalue weighted by molar-refractivity contribution is 9.10. The molecule has 0 saturated heterocycles. The quantitative estimate of drug-likeness (QED) is 0.712. The van der Waals surface area contributed by atoms with Gasteiger partial charge in [0.15, 0.2) is 0 Å². The lowest BCUT2D eigenvalue weighted by Gasteiger charge is -2.20. The monoisotopic (exact) mass is 327 g/mol. The van der Waals surface area contributed by atoms with Crippen molar-refractivity contribution >= 4 is 27.6 Å². The van der Waals surface area contributed by atoms with Crippen molar-refractivity contribution in [2.45, 2.75) is 52.0 Å². The fourth-order valence-electron chi connectivity index (χ4n) is 2.13. The average Bonchev–Trinajstić information content (AvgIpc) is 2.38. The number of halogens is 1. The molecular weight excluding hydrogens is 306 g/mol. The Labute approximate surface area is 123 Å². The highest BCUT2D eigenvalue weighted by Gasteiger charge is 2.14. The molecule has 106 valence electrons. The largest absolute Gasteiger partial charge is 0.478 e. The first-order valence-corrected chi connectivity index (χ1v) is 7.67. The Bertz CT molecular complexity index is 421. The minimum absolute atomic E-state index is 0.326. The number of hydrogen-bond donors (Lipinski definition) is 2. The molecule has 0 saturated carbocycles. The Balaban J connectivity index is 2.85. The van der Waals surface area contributed by atoms with E-state index < -0.39 is 5.97 Å². The SMILES string of the molecule is CCCCC(CCC)Nc1ccc(Br)cc1C(=O)O. The van der Waals surface area contributed by atoms with E-state index in [0.717, 1.165) is 36.6 Å². The molecule has 0 aromatic heterocycles. The van der Waals surface area contributed by atoms with Gasteiger partial charge in [-0.15, -0.1) is 0 Å². The Hall–Kier alpha value is -1.03. The molecule has 1 aromatic rings. The third kappa shape index (κ3) is 5.23. The van der Waals surface area contributed by atoms with Gasteiger partial charge in [0.05, 0.1) is 5.56 Å². The van der Waals surface area contributed by atoms with E-state index >= 15 is 0 Å². The Morgan fingerprint density at radius 2 is 2.05 bits per heavy atom. The van der Waals surface area contributed by atoms with E-state index in [2.05, 4.69) is 35.1 Å². The van der Waals surface area contributed by atoms with E-state index in [1.165, 1.54) is 0 Å². The number of unbranched alkanes of at least 4 members (excludes halogenated alkanes) is 1. The standard InChI is InChI=1S/C15H22BrNO2/c1-3-5-7-12(6-4-2)17-14-9-8-11(16)10-13(14)15(18)19/h8-10,12,17H,3-7H2,1-2H3,(H,18,19). The summed E-state index contributed by atoms with van der Waals surface area (Å²) in [6, 6.07) is 5.71. The van der Waals surface area contributed by atoms with Gasteiger partial charge < -0.3 is 10.4 Å². The molecule has 0 heterocycles. The molecule has 4 heteroatoms. The minimum Gasteiger partial charge on any atom is -0.478 e. The Morgan fingerprint density at radius 1 is 1.32 bits per heavy atom. The van der Waals surface area contributed by atoms with Crippen molar-refractivity contribution in [2.24, 2.45) is 0 Å². The maximum Gasteiger partial charge on any atom is 0.337 e. The number of rotatable bonds is 8. The summed E-state index contributed by atoms with van der Waals surface area (Å²) < 4.78 is 0.788. The van der Waals surface area contributed by atoms with Crippen molar-refractivity contribution < 1.29 is 9.90 Å². The smallest absolute Gasteiger partial charge is 0.337 e. The molecule has 0 bridgehead atoms. The predicted molar refractivity (Wildman–Crippen MR) is 82.9 cm³/mol. The van der Waals surface area contributed by atoms with E-state index in [1.807, 2.05) is 12.1 Å². The Kier molecular flexibility index (Phi) is 6.92. The lowest BCUT2D eigenvalue weighted by Crippen LogP contribution is -2.20. The molecule has 2 N–H and O–H groups in total. The minimum atomic E-state index is -0.894. The predicted octanol–water partition coefficient (Wildman–Crippen LogP) is 4.92. The fraction of sp³-hybridized carbons (Fsp3) is 0.533. The van der Waals surface area contributed by atoms with Gasteiger partial charge in [0.2, 0.25) is 0 Å². The number of carbonyl (C=O) groups is 1. The van der Waals surface area contributed by atoms with E-state index in [0.29, 0.717) is 17.3 Å². The summed E-state index contributed by atoms with van der Waals surface area (Å²) in [4.78, 5) is 11.3. The van der Waals surface area contributed by atoms with Crippen LogP contribution in [0, 0.1) is 0 Å². The van der Waals surface area contributed by atoms with Gasteiger partial charge in [-0.2, -0.15) is 0 Å². The maximum atomic E-state index is 11.3. The molecule has 0 spiro atoms. The second-order valence-corrected chi connectivity index (χ2v) is 5.68. The molecule has 0 aliphatic carbocycles. The summed E-state index contributed by atoms with van der Waals surface area (Å²) in [5.74, 6) is -0.894. The van der Waals surface area contributed by atoms with Gasteiger partial charge in [-0.25, -0.2) is 4.79 Å². The van der Waals surface area contributed by atoms with Crippen LogP contribution < -0.4 is 5.32 Å². The number of carboxylic acid groups (broad SMARTS) is 1. The number of aromatic carboxylic acids is 1. The number of anilines is 1. The van der Waals surface area contributed by atoms with Crippen LogP contribution in [-0.2, 0) is 0 Å². The molecule has 0 aliphatic rings. The molecule has 3 nitrogen and oxygen atoms in total. The van der Waals surface area contributed by atoms with Crippen LogP contribution in [0.4, 0.5) is 5.69 Å². The van der Waals surface area contributed by atoms with Crippen molar-refractivity contribution in [1.82, 2.24) is 0 Å². The lowest BCUT2D eigenvalue weighted by molar-refractivity contribution is 0.0698. The van der Waals surface area contributed by atoms with Crippen LogP contribution in [0.1, 0.15) is 56.3 Å². The normalized spacial score (nSPS) is 12.2. The van der Waals surface area contributed by atoms with E-state index in [9.17, 15) is 9.90 Å².